The highest BCUT2D eigenvalue weighted by Gasteiger charge is 2.44. The number of carbonyl (C=O) groups is 9. The molecule has 25 heteroatoms. The summed E-state index contributed by atoms with van der Waals surface area (Å²) < 4.78 is 0. The van der Waals surface area contributed by atoms with E-state index >= 15 is 0 Å². The average molecular weight is 1040 g/mol. The summed E-state index contributed by atoms with van der Waals surface area (Å²) in [6.07, 6.45) is 4.32. The molecule has 3 heterocycles. The monoisotopic (exact) mass is 1040 g/mol. The van der Waals surface area contributed by atoms with Crippen molar-refractivity contribution in [2.24, 2.45) is 38.7 Å². The minimum absolute atomic E-state index is 0.0506. The van der Waals surface area contributed by atoms with Crippen molar-refractivity contribution >= 4 is 65.5 Å². The molecule has 3 fully saturated rings. The maximum Gasteiger partial charge on any atom is 0.248 e. The third-order valence-electron chi connectivity index (χ3n) is 13.3. The molecule has 8 unspecified atom stereocenters. The first kappa shape index (κ1) is 58.2. The lowest BCUT2D eigenvalue weighted by Crippen LogP contribution is -2.60. The van der Waals surface area contributed by atoms with E-state index in [0.717, 1.165) is 0 Å². The number of aliphatic hydroxyl groups is 1. The number of aliphatic imine (C=N–C) groups is 2. The van der Waals surface area contributed by atoms with Gasteiger partial charge in [0.2, 0.25) is 47.3 Å². The minimum atomic E-state index is -1.56. The fourth-order valence-corrected chi connectivity index (χ4v) is 9.49. The number of hydrogen-bond acceptors (Lipinski definition) is 13. The second-order valence-electron chi connectivity index (χ2n) is 18.8. The van der Waals surface area contributed by atoms with E-state index in [2.05, 4.69) is 36.6 Å². The predicted octanol–water partition coefficient (Wildman–Crippen LogP) is -3.87. The Balaban J connectivity index is 1.20. The van der Waals surface area contributed by atoms with Crippen LogP contribution < -0.4 is 55.3 Å². The summed E-state index contributed by atoms with van der Waals surface area (Å²) in [5.41, 5.74) is 29.1. The van der Waals surface area contributed by atoms with Gasteiger partial charge in [0.15, 0.2) is 11.9 Å². The molecule has 2 aromatic carbocycles. The van der Waals surface area contributed by atoms with E-state index in [0.29, 0.717) is 81.9 Å². The van der Waals surface area contributed by atoms with E-state index in [4.69, 9.17) is 28.7 Å². The molecule has 75 heavy (non-hydrogen) atoms. The highest BCUT2D eigenvalue weighted by Crippen LogP contribution is 2.26. The molecule has 2 aromatic rings. The highest BCUT2D eigenvalue weighted by molar-refractivity contribution is 5.98. The molecule has 25 nitrogen and oxygen atoms in total. The Morgan fingerprint density at radius 1 is 0.613 bits per heavy atom. The number of aliphatic hydroxyl groups excluding tert-OH is 1. The van der Waals surface area contributed by atoms with Gasteiger partial charge >= 0.3 is 0 Å². The van der Waals surface area contributed by atoms with E-state index in [1.807, 2.05) is 0 Å². The normalized spacial score (nSPS) is 19.1. The fraction of sp³-hybridized carbons (Fsp3) is 0.540. The number of amides is 8. The quantitative estimate of drug-likeness (QED) is 0.0177. The molecule has 5 rings (SSSR count). The zero-order valence-electron chi connectivity index (χ0n) is 42.1. The third kappa shape index (κ3) is 17.5. The number of hydrogen-bond donors (Lipinski definition) is 11. The van der Waals surface area contributed by atoms with Crippen molar-refractivity contribution in [2.75, 3.05) is 45.9 Å². The number of carbonyl (C=O) groups excluding carboxylic acids is 9. The van der Waals surface area contributed by atoms with Gasteiger partial charge in [-0.3, -0.25) is 48.3 Å². The molecule has 0 radical (unpaired) electrons. The lowest BCUT2D eigenvalue weighted by atomic mass is 10.0. The largest absolute Gasteiger partial charge is 0.394 e. The van der Waals surface area contributed by atoms with Crippen LogP contribution in [0.3, 0.4) is 0 Å². The molecule has 8 amide bonds. The zero-order valence-corrected chi connectivity index (χ0v) is 42.1. The van der Waals surface area contributed by atoms with Gasteiger partial charge in [0.1, 0.15) is 42.5 Å². The van der Waals surface area contributed by atoms with Crippen LogP contribution in [-0.2, 0) is 56.0 Å². The summed E-state index contributed by atoms with van der Waals surface area (Å²) in [7, 11) is 0. The second-order valence-corrected chi connectivity index (χ2v) is 18.8. The number of guanidine groups is 2. The lowest BCUT2D eigenvalue weighted by Gasteiger charge is -2.32. The first-order valence-electron chi connectivity index (χ1n) is 25.4. The van der Waals surface area contributed by atoms with Gasteiger partial charge in [0.25, 0.3) is 0 Å². The molecular formula is C50H73N15O10. The van der Waals surface area contributed by atoms with E-state index in [1.54, 1.807) is 60.7 Å². The molecule has 0 bridgehead atoms. The number of benzene rings is 2. The van der Waals surface area contributed by atoms with Crippen molar-refractivity contribution < 1.29 is 48.3 Å². The molecular weight excluding hydrogens is 971 g/mol. The summed E-state index contributed by atoms with van der Waals surface area (Å²) in [5.74, 6) is -5.25. The first-order valence-corrected chi connectivity index (χ1v) is 25.4. The predicted molar refractivity (Wildman–Crippen MR) is 276 cm³/mol. The zero-order chi connectivity index (χ0) is 54.4. The van der Waals surface area contributed by atoms with Crippen molar-refractivity contribution in [3.8, 4) is 0 Å². The van der Waals surface area contributed by atoms with Gasteiger partial charge in [-0.2, -0.15) is 0 Å². The van der Waals surface area contributed by atoms with E-state index in [-0.39, 0.29) is 63.1 Å². The molecule has 0 spiro atoms. The van der Waals surface area contributed by atoms with Gasteiger partial charge < -0.3 is 79.9 Å². The summed E-state index contributed by atoms with van der Waals surface area (Å²) in [6.45, 7) is -0.241. The molecule has 3 aliphatic rings. The van der Waals surface area contributed by atoms with Gasteiger partial charge in [-0.25, -0.2) is 0 Å². The van der Waals surface area contributed by atoms with Crippen molar-refractivity contribution in [2.45, 2.75) is 125 Å². The molecule has 3 aliphatic heterocycles. The van der Waals surface area contributed by atoms with Crippen molar-refractivity contribution in [1.82, 2.24) is 41.3 Å². The smallest absolute Gasteiger partial charge is 0.248 e. The molecule has 0 aliphatic carbocycles. The van der Waals surface area contributed by atoms with Gasteiger partial charge in [0, 0.05) is 45.6 Å². The molecule has 0 saturated carbocycles. The molecule has 0 aromatic heterocycles. The maximum absolute atomic E-state index is 14.1. The fourth-order valence-electron chi connectivity index (χ4n) is 9.49. The molecule has 3 saturated heterocycles. The Morgan fingerprint density at radius 3 is 1.65 bits per heavy atom. The van der Waals surface area contributed by atoms with Crippen LogP contribution in [0.15, 0.2) is 70.6 Å². The Labute approximate surface area is 435 Å². The molecule has 16 N–H and O–H groups in total. The number of nitrogens with one attached hydrogen (secondary N) is 5. The van der Waals surface area contributed by atoms with Crippen molar-refractivity contribution in [3.05, 3.63) is 71.8 Å². The Kier molecular flexibility index (Phi) is 22.7. The number of aldehydes is 1. The van der Waals surface area contributed by atoms with Crippen LogP contribution in [0.4, 0.5) is 0 Å². The SMILES string of the molecule is NC(N)=NCCCC(C=O)NC(=O)C(Cc1ccccc1)NC(=O)C1CCCN1C(=O)C(CO)NC(=O)C(Cc1ccccc1)NC(=O)CNC(=O)C1CCCN1C(=O)C1CCCN1C(=O)C(N)CCCN=C(N)N. The topological polar surface area (TPSA) is 399 Å². The second kappa shape index (κ2) is 29.3. The van der Waals surface area contributed by atoms with Crippen molar-refractivity contribution in [1.29, 1.82) is 0 Å². The summed E-state index contributed by atoms with van der Waals surface area (Å²) in [4.78, 5) is 134. The van der Waals surface area contributed by atoms with Gasteiger partial charge in [-0.05, 0) is 75.3 Å². The van der Waals surface area contributed by atoms with Crippen LogP contribution in [-0.4, -0.2) is 179 Å². The number of nitrogens with zero attached hydrogens (tertiary/aromatic N) is 5. The van der Waals surface area contributed by atoms with E-state index in [9.17, 15) is 48.3 Å². The Bertz CT molecular complexity index is 2350. The Hall–Kier alpha value is -7.67. The first-order chi connectivity index (χ1) is 36.0. The van der Waals surface area contributed by atoms with Crippen molar-refractivity contribution in [3.63, 3.8) is 0 Å². The van der Waals surface area contributed by atoms with E-state index < -0.39 is 103 Å². The minimum Gasteiger partial charge on any atom is -0.394 e. The van der Waals surface area contributed by atoms with Crippen LogP contribution in [0.25, 0.3) is 0 Å². The van der Waals surface area contributed by atoms with Crippen LogP contribution in [0, 0.1) is 0 Å². The Morgan fingerprint density at radius 2 is 1.11 bits per heavy atom. The van der Waals surface area contributed by atoms with Crippen LogP contribution in [0.2, 0.25) is 0 Å². The van der Waals surface area contributed by atoms with Gasteiger partial charge in [-0.1, -0.05) is 60.7 Å². The van der Waals surface area contributed by atoms with Gasteiger partial charge in [-0.15, -0.1) is 0 Å². The maximum atomic E-state index is 14.1. The summed E-state index contributed by atoms with van der Waals surface area (Å²) in [6, 6.07) is 8.92. The van der Waals surface area contributed by atoms with E-state index in [1.165, 1.54) is 14.7 Å². The summed E-state index contributed by atoms with van der Waals surface area (Å²) in [5, 5.41) is 23.7. The third-order valence-corrected chi connectivity index (χ3v) is 13.3. The van der Waals surface area contributed by atoms with Gasteiger partial charge in [0.05, 0.1) is 25.2 Å². The molecule has 8 atom stereocenters. The standard InChI is InChI=1S/C50H73N15O10/c51-34(17-8-22-57-50(54)55)46(73)65-25-11-20-40(65)48(75)64-24-9-18-38(64)44(71)58-28-41(68)60-35(26-31-12-3-1-4-13-31)43(70)62-37(30-67)47(74)63-23-10-19-39(63)45(72)61-36(27-32-14-5-2-6-15-32)42(69)59-33(29-66)16-7-21-56-49(52)53/h1-6,12-15,29,33-40,67H,7-11,16-28,30,51H2,(H,58,71)(H,59,69)(H,60,68)(H,61,72)(H,62,70)(H4,52,53,56)(H4,54,55,57). The number of nitrogens with two attached hydrogens (primary N) is 5. The van der Waals surface area contributed by atoms with Crippen LogP contribution >= 0.6 is 0 Å². The summed E-state index contributed by atoms with van der Waals surface area (Å²) >= 11 is 0. The van der Waals surface area contributed by atoms with Crippen LogP contribution in [0.5, 0.6) is 0 Å². The lowest BCUT2D eigenvalue weighted by molar-refractivity contribution is -0.147. The van der Waals surface area contributed by atoms with Crippen LogP contribution in [0.1, 0.15) is 75.3 Å². The number of rotatable bonds is 27. The number of likely N-dealkylation sites (tertiary alicyclic amines) is 3. The molecule has 408 valence electrons. The highest BCUT2D eigenvalue weighted by atomic mass is 16.3. The average Bonchev–Trinajstić information content (AvgIpc) is 4.21.